The Morgan fingerprint density at radius 3 is 2.53 bits per heavy atom. The second-order valence-electron chi connectivity index (χ2n) is 7.98. The second kappa shape index (κ2) is 9.65. The van der Waals surface area contributed by atoms with E-state index < -0.39 is 15.9 Å². The number of carbonyl (C=O) groups excluding carboxylic acids is 2. The molecule has 3 N–H and O–H groups in total. The van der Waals surface area contributed by atoms with Gasteiger partial charge >= 0.3 is 6.03 Å². The second-order valence-corrected chi connectivity index (χ2v) is 10.2. The van der Waals surface area contributed by atoms with Gasteiger partial charge in [0.2, 0.25) is 5.91 Å². The molecule has 3 rings (SSSR count). The van der Waals surface area contributed by atoms with Gasteiger partial charge in [-0.05, 0) is 32.4 Å². The monoisotopic (exact) mass is 438 g/mol. The Kier molecular flexibility index (Phi) is 7.19. The van der Waals surface area contributed by atoms with Crippen molar-refractivity contribution >= 4 is 33.2 Å². The molecule has 3 atom stereocenters. The third kappa shape index (κ3) is 6.33. The van der Waals surface area contributed by atoms with Crippen LogP contribution < -0.4 is 20.9 Å². The Bertz CT molecular complexity index is 866. The van der Waals surface area contributed by atoms with Crippen molar-refractivity contribution in [2.75, 3.05) is 41.4 Å². The summed E-state index contributed by atoms with van der Waals surface area (Å²) >= 11 is 0. The molecular formula is C20H30N4O5S. The molecule has 1 aromatic carbocycles. The fraction of sp³-hybridized carbons (Fsp3) is 0.600. The molecule has 0 unspecified atom stereocenters. The highest BCUT2D eigenvalue weighted by Crippen LogP contribution is 2.28. The van der Waals surface area contributed by atoms with Crippen molar-refractivity contribution in [3.05, 3.63) is 24.3 Å². The number of anilines is 2. The average Bonchev–Trinajstić information content (AvgIpc) is 2.99. The lowest BCUT2D eigenvalue weighted by Crippen LogP contribution is -2.46. The third-order valence-electron chi connectivity index (χ3n) is 5.15. The molecule has 0 aromatic heterocycles. The number of amides is 3. The number of carbonyl (C=O) groups is 2. The first-order chi connectivity index (χ1) is 14.2. The lowest BCUT2D eigenvalue weighted by molar-refractivity contribution is -0.121. The minimum Gasteiger partial charge on any atom is -0.372 e. The molecule has 0 bridgehead atoms. The highest BCUT2D eigenvalue weighted by Gasteiger charge is 2.28. The van der Waals surface area contributed by atoms with E-state index in [4.69, 9.17) is 4.74 Å². The summed E-state index contributed by atoms with van der Waals surface area (Å²) in [5.41, 5.74) is 1.62. The third-order valence-corrected chi connectivity index (χ3v) is 6.92. The van der Waals surface area contributed by atoms with E-state index in [9.17, 15) is 18.0 Å². The Morgan fingerprint density at radius 1 is 1.17 bits per heavy atom. The van der Waals surface area contributed by atoms with Crippen LogP contribution in [0.1, 0.15) is 26.7 Å². The predicted octanol–water partition coefficient (Wildman–Crippen LogP) is 1.12. The van der Waals surface area contributed by atoms with Crippen LogP contribution >= 0.6 is 0 Å². The lowest BCUT2D eigenvalue weighted by Gasteiger charge is -2.37. The number of nitrogens with zero attached hydrogens (tertiary/aromatic N) is 1. The molecule has 0 radical (unpaired) electrons. The van der Waals surface area contributed by atoms with Crippen molar-refractivity contribution in [3.63, 3.8) is 0 Å². The summed E-state index contributed by atoms with van der Waals surface area (Å²) in [5, 5.41) is 8.24. The molecule has 2 aliphatic heterocycles. The zero-order chi connectivity index (χ0) is 21.7. The van der Waals surface area contributed by atoms with Crippen LogP contribution in [0.2, 0.25) is 0 Å². The predicted molar refractivity (Wildman–Crippen MR) is 116 cm³/mol. The maximum Gasteiger partial charge on any atom is 0.319 e. The average molecular weight is 439 g/mol. The van der Waals surface area contributed by atoms with Crippen molar-refractivity contribution in [2.24, 2.45) is 0 Å². The van der Waals surface area contributed by atoms with Gasteiger partial charge < -0.3 is 25.6 Å². The first kappa shape index (κ1) is 22.4. The summed E-state index contributed by atoms with van der Waals surface area (Å²) in [6.07, 6.45) is 0.731. The molecule has 2 aliphatic rings. The van der Waals surface area contributed by atoms with Crippen LogP contribution in [0.4, 0.5) is 16.2 Å². The molecule has 166 valence electrons. The van der Waals surface area contributed by atoms with Crippen molar-refractivity contribution in [1.29, 1.82) is 0 Å². The standard InChI is InChI=1S/C20H30N4O5S/c1-14-11-24(12-15(2)29-14)18-6-4-3-5-17(18)23-20(26)21-9-7-19(25)22-16-8-10-30(27,28)13-16/h3-6,14-16H,7-13H2,1-2H3,(H,22,25)(H2,21,23,26)/t14-,15+,16-/m0/s1. The normalized spacial score (nSPS) is 25.5. The van der Waals surface area contributed by atoms with Gasteiger partial charge in [-0.3, -0.25) is 4.79 Å². The van der Waals surface area contributed by atoms with E-state index in [1.165, 1.54) is 0 Å². The zero-order valence-corrected chi connectivity index (χ0v) is 18.2. The molecule has 2 fully saturated rings. The fourth-order valence-electron chi connectivity index (χ4n) is 3.89. The fourth-order valence-corrected chi connectivity index (χ4v) is 5.57. The van der Waals surface area contributed by atoms with Gasteiger partial charge in [0.25, 0.3) is 0 Å². The van der Waals surface area contributed by atoms with Crippen molar-refractivity contribution < 1.29 is 22.7 Å². The number of urea groups is 1. The molecule has 2 heterocycles. The molecule has 0 spiro atoms. The quantitative estimate of drug-likeness (QED) is 0.613. The van der Waals surface area contributed by atoms with Gasteiger partial charge in [-0.25, -0.2) is 13.2 Å². The molecule has 9 nitrogen and oxygen atoms in total. The van der Waals surface area contributed by atoms with Crippen molar-refractivity contribution in [2.45, 2.75) is 44.9 Å². The number of benzene rings is 1. The van der Waals surface area contributed by atoms with Crippen LogP contribution in [0.25, 0.3) is 0 Å². The summed E-state index contributed by atoms with van der Waals surface area (Å²) < 4.78 is 28.7. The van der Waals surface area contributed by atoms with E-state index in [0.717, 1.165) is 18.8 Å². The Morgan fingerprint density at radius 2 is 1.87 bits per heavy atom. The number of para-hydroxylation sites is 2. The van der Waals surface area contributed by atoms with Gasteiger partial charge in [0.15, 0.2) is 9.84 Å². The van der Waals surface area contributed by atoms with Crippen LogP contribution in [0.15, 0.2) is 24.3 Å². The van der Waals surface area contributed by atoms with E-state index in [-0.39, 0.29) is 48.6 Å². The maximum atomic E-state index is 12.3. The number of morpholine rings is 1. The summed E-state index contributed by atoms with van der Waals surface area (Å²) in [6, 6.07) is 6.86. The van der Waals surface area contributed by atoms with E-state index >= 15 is 0 Å². The molecule has 0 saturated carbocycles. The van der Waals surface area contributed by atoms with E-state index in [1.54, 1.807) is 0 Å². The first-order valence-electron chi connectivity index (χ1n) is 10.3. The number of nitrogens with one attached hydrogen (secondary N) is 3. The zero-order valence-electron chi connectivity index (χ0n) is 17.4. The van der Waals surface area contributed by atoms with Gasteiger partial charge in [-0.15, -0.1) is 0 Å². The number of hydrogen-bond donors (Lipinski definition) is 3. The van der Waals surface area contributed by atoms with E-state index in [1.807, 2.05) is 38.1 Å². The molecule has 1 aromatic rings. The van der Waals surface area contributed by atoms with Gasteiger partial charge in [-0.2, -0.15) is 0 Å². The number of rotatable bonds is 6. The Balaban J connectivity index is 1.47. The Hall–Kier alpha value is -2.33. The van der Waals surface area contributed by atoms with Crippen LogP contribution in [-0.2, 0) is 19.4 Å². The number of ether oxygens (including phenoxy) is 1. The highest BCUT2D eigenvalue weighted by molar-refractivity contribution is 7.91. The molecule has 10 heteroatoms. The van der Waals surface area contributed by atoms with E-state index in [2.05, 4.69) is 20.9 Å². The highest BCUT2D eigenvalue weighted by atomic mass is 32.2. The molecule has 0 aliphatic carbocycles. The van der Waals surface area contributed by atoms with Gasteiger partial charge in [0.05, 0.1) is 35.1 Å². The smallest absolute Gasteiger partial charge is 0.319 e. The van der Waals surface area contributed by atoms with Crippen LogP contribution in [-0.4, -0.2) is 69.7 Å². The molecule has 3 amide bonds. The SMILES string of the molecule is C[C@@H]1CN(c2ccccc2NC(=O)NCCC(=O)N[C@H]2CCS(=O)(=O)C2)C[C@H](C)O1. The molecular weight excluding hydrogens is 408 g/mol. The van der Waals surface area contributed by atoms with Crippen molar-refractivity contribution in [3.8, 4) is 0 Å². The Labute approximate surface area is 177 Å². The van der Waals surface area contributed by atoms with Gasteiger partial charge in [-0.1, -0.05) is 12.1 Å². The van der Waals surface area contributed by atoms with Crippen LogP contribution in [0.3, 0.4) is 0 Å². The summed E-state index contributed by atoms with van der Waals surface area (Å²) in [4.78, 5) is 26.5. The van der Waals surface area contributed by atoms with Crippen molar-refractivity contribution in [1.82, 2.24) is 10.6 Å². The van der Waals surface area contributed by atoms with Crippen LogP contribution in [0, 0.1) is 0 Å². The summed E-state index contributed by atoms with van der Waals surface area (Å²) in [5.74, 6) is -0.171. The molecule has 2 saturated heterocycles. The summed E-state index contributed by atoms with van der Waals surface area (Å²) in [7, 11) is -3.04. The van der Waals surface area contributed by atoms with Gasteiger partial charge in [0, 0.05) is 32.1 Å². The van der Waals surface area contributed by atoms with Gasteiger partial charge in [0.1, 0.15) is 0 Å². The van der Waals surface area contributed by atoms with Crippen LogP contribution in [0.5, 0.6) is 0 Å². The minimum absolute atomic E-state index is 0.0117. The topological polar surface area (TPSA) is 117 Å². The first-order valence-corrected chi connectivity index (χ1v) is 12.1. The number of sulfone groups is 1. The maximum absolute atomic E-state index is 12.3. The minimum atomic E-state index is -3.04. The summed E-state index contributed by atoms with van der Waals surface area (Å²) in [6.45, 7) is 5.68. The largest absolute Gasteiger partial charge is 0.372 e. The van der Waals surface area contributed by atoms with E-state index in [0.29, 0.717) is 12.1 Å². The number of hydrogen-bond acceptors (Lipinski definition) is 6. The lowest BCUT2D eigenvalue weighted by atomic mass is 10.1. The molecule has 30 heavy (non-hydrogen) atoms.